The van der Waals surface area contributed by atoms with Crippen LogP contribution < -0.4 is 0 Å². The summed E-state index contributed by atoms with van der Waals surface area (Å²) < 4.78 is 2.05. The van der Waals surface area contributed by atoms with Crippen LogP contribution >= 0.6 is 11.8 Å². The summed E-state index contributed by atoms with van der Waals surface area (Å²) in [5.41, 5.74) is 3.36. The third-order valence-corrected chi connectivity index (χ3v) is 4.45. The van der Waals surface area contributed by atoms with Crippen LogP contribution in [0.15, 0.2) is 66.5 Å². The Morgan fingerprint density at radius 1 is 1.13 bits per heavy atom. The van der Waals surface area contributed by atoms with E-state index in [9.17, 15) is 0 Å². The molecule has 0 spiro atoms. The molecule has 3 aromatic rings. The van der Waals surface area contributed by atoms with E-state index < -0.39 is 0 Å². The van der Waals surface area contributed by atoms with Crippen LogP contribution in [0.5, 0.6) is 0 Å². The second-order valence-electron chi connectivity index (χ2n) is 5.19. The predicted octanol–water partition coefficient (Wildman–Crippen LogP) is 4.13. The molecule has 0 radical (unpaired) electrons. The standard InChI is InChI=1S/C18H18N4S/c1-3-12-22-17(16-6-4-5-11-19-16)20-21-18(22)23-13-15-9-7-14(2)8-10-15/h3-11H,1,12-13H2,2H3. The van der Waals surface area contributed by atoms with Gasteiger partial charge in [-0.3, -0.25) is 9.55 Å². The summed E-state index contributed by atoms with van der Waals surface area (Å²) in [5, 5.41) is 9.53. The number of thioether (sulfide) groups is 1. The first-order valence-electron chi connectivity index (χ1n) is 7.42. The molecule has 2 heterocycles. The summed E-state index contributed by atoms with van der Waals surface area (Å²) in [6, 6.07) is 14.3. The van der Waals surface area contributed by atoms with Crippen molar-refractivity contribution in [3.05, 3.63) is 72.4 Å². The predicted molar refractivity (Wildman–Crippen MR) is 94.2 cm³/mol. The maximum absolute atomic E-state index is 4.37. The van der Waals surface area contributed by atoms with Gasteiger partial charge in [0.2, 0.25) is 0 Å². The zero-order valence-corrected chi connectivity index (χ0v) is 13.8. The minimum Gasteiger partial charge on any atom is -0.297 e. The van der Waals surface area contributed by atoms with Crippen LogP contribution in [0.3, 0.4) is 0 Å². The lowest BCUT2D eigenvalue weighted by molar-refractivity contribution is 0.729. The Morgan fingerprint density at radius 2 is 1.96 bits per heavy atom. The molecule has 0 unspecified atom stereocenters. The van der Waals surface area contributed by atoms with Crippen LogP contribution in [0.2, 0.25) is 0 Å². The molecular formula is C18H18N4S. The fourth-order valence-corrected chi connectivity index (χ4v) is 3.11. The van der Waals surface area contributed by atoms with Crippen molar-refractivity contribution in [1.82, 2.24) is 19.7 Å². The van der Waals surface area contributed by atoms with E-state index in [1.807, 2.05) is 28.8 Å². The third-order valence-electron chi connectivity index (χ3n) is 3.41. The van der Waals surface area contributed by atoms with E-state index in [0.717, 1.165) is 22.4 Å². The highest BCUT2D eigenvalue weighted by atomic mass is 32.2. The molecule has 1 aromatic carbocycles. The van der Waals surface area contributed by atoms with Crippen molar-refractivity contribution in [1.29, 1.82) is 0 Å². The Bertz CT molecular complexity index is 779. The van der Waals surface area contributed by atoms with Crippen LogP contribution in [0, 0.1) is 6.92 Å². The molecule has 0 aliphatic carbocycles. The molecule has 0 fully saturated rings. The van der Waals surface area contributed by atoms with E-state index >= 15 is 0 Å². The number of allylic oxidation sites excluding steroid dienone is 1. The SMILES string of the molecule is C=CCn1c(SCc2ccc(C)cc2)nnc1-c1ccccn1. The first-order valence-corrected chi connectivity index (χ1v) is 8.40. The summed E-state index contributed by atoms with van der Waals surface area (Å²) in [7, 11) is 0. The van der Waals surface area contributed by atoms with Crippen LogP contribution in [0.1, 0.15) is 11.1 Å². The maximum atomic E-state index is 4.37. The summed E-state index contributed by atoms with van der Waals surface area (Å²) in [5.74, 6) is 1.63. The monoisotopic (exact) mass is 322 g/mol. The minimum absolute atomic E-state index is 0.662. The van der Waals surface area contributed by atoms with Gasteiger partial charge in [-0.15, -0.1) is 16.8 Å². The Labute approximate surface area is 140 Å². The summed E-state index contributed by atoms with van der Waals surface area (Å²) in [4.78, 5) is 4.37. The van der Waals surface area contributed by atoms with Crippen molar-refractivity contribution in [3.8, 4) is 11.5 Å². The molecule has 0 amide bonds. The van der Waals surface area contributed by atoms with Crippen LogP contribution in [0.4, 0.5) is 0 Å². The van der Waals surface area contributed by atoms with Gasteiger partial charge in [0.15, 0.2) is 11.0 Å². The van der Waals surface area contributed by atoms with Gasteiger partial charge in [-0.25, -0.2) is 0 Å². The quantitative estimate of drug-likeness (QED) is 0.505. The lowest BCUT2D eigenvalue weighted by Gasteiger charge is -2.07. The Kier molecular flexibility index (Phi) is 4.88. The zero-order valence-electron chi connectivity index (χ0n) is 13.0. The summed E-state index contributed by atoms with van der Waals surface area (Å²) in [6.07, 6.45) is 3.62. The molecule has 0 saturated heterocycles. The molecule has 116 valence electrons. The molecule has 0 saturated carbocycles. The highest BCUT2D eigenvalue weighted by molar-refractivity contribution is 7.98. The topological polar surface area (TPSA) is 43.6 Å². The van der Waals surface area contributed by atoms with Gasteiger partial charge >= 0.3 is 0 Å². The van der Waals surface area contributed by atoms with Crippen molar-refractivity contribution >= 4 is 11.8 Å². The van der Waals surface area contributed by atoms with Gasteiger partial charge < -0.3 is 0 Å². The van der Waals surface area contributed by atoms with E-state index in [1.165, 1.54) is 11.1 Å². The van der Waals surface area contributed by atoms with E-state index in [1.54, 1.807) is 18.0 Å². The molecular weight excluding hydrogens is 304 g/mol. The van der Waals surface area contributed by atoms with Gasteiger partial charge in [-0.1, -0.05) is 53.7 Å². The van der Waals surface area contributed by atoms with Crippen molar-refractivity contribution in [2.45, 2.75) is 24.4 Å². The lowest BCUT2D eigenvalue weighted by Crippen LogP contribution is -2.01. The van der Waals surface area contributed by atoms with Crippen LogP contribution in [0.25, 0.3) is 11.5 Å². The first-order chi connectivity index (χ1) is 11.3. The molecule has 23 heavy (non-hydrogen) atoms. The summed E-state index contributed by atoms with van der Waals surface area (Å²) >= 11 is 1.68. The molecule has 4 nitrogen and oxygen atoms in total. The fraction of sp³-hybridized carbons (Fsp3) is 0.167. The van der Waals surface area contributed by atoms with E-state index in [4.69, 9.17) is 0 Å². The normalized spacial score (nSPS) is 10.7. The summed E-state index contributed by atoms with van der Waals surface area (Å²) in [6.45, 7) is 6.59. The van der Waals surface area contributed by atoms with Gasteiger partial charge in [-0.05, 0) is 24.6 Å². The van der Waals surface area contributed by atoms with Gasteiger partial charge in [0, 0.05) is 18.5 Å². The average Bonchev–Trinajstić information content (AvgIpc) is 2.98. The molecule has 0 aliphatic heterocycles. The van der Waals surface area contributed by atoms with Crippen LogP contribution in [-0.4, -0.2) is 19.7 Å². The molecule has 0 atom stereocenters. The van der Waals surface area contributed by atoms with Crippen LogP contribution in [-0.2, 0) is 12.3 Å². The Morgan fingerprint density at radius 3 is 2.65 bits per heavy atom. The number of nitrogens with zero attached hydrogens (tertiary/aromatic N) is 4. The highest BCUT2D eigenvalue weighted by Gasteiger charge is 2.14. The number of aromatic nitrogens is 4. The molecule has 0 aliphatic rings. The zero-order chi connectivity index (χ0) is 16.1. The van der Waals surface area contributed by atoms with Crippen molar-refractivity contribution in [2.24, 2.45) is 0 Å². The van der Waals surface area contributed by atoms with E-state index in [2.05, 4.69) is 52.9 Å². The maximum Gasteiger partial charge on any atom is 0.192 e. The van der Waals surface area contributed by atoms with Crippen molar-refractivity contribution < 1.29 is 0 Å². The number of rotatable bonds is 6. The second-order valence-corrected chi connectivity index (χ2v) is 6.14. The van der Waals surface area contributed by atoms with Crippen molar-refractivity contribution in [2.75, 3.05) is 0 Å². The van der Waals surface area contributed by atoms with Gasteiger partial charge in [0.1, 0.15) is 5.69 Å². The lowest BCUT2D eigenvalue weighted by atomic mass is 10.2. The molecule has 3 rings (SSSR count). The largest absolute Gasteiger partial charge is 0.297 e. The number of aryl methyl sites for hydroxylation is 1. The Balaban J connectivity index is 1.83. The number of hydrogen-bond donors (Lipinski definition) is 0. The fourth-order valence-electron chi connectivity index (χ4n) is 2.21. The molecule has 5 heteroatoms. The highest BCUT2D eigenvalue weighted by Crippen LogP contribution is 2.25. The Hall–Kier alpha value is -2.40. The number of benzene rings is 1. The molecule has 0 bridgehead atoms. The smallest absolute Gasteiger partial charge is 0.192 e. The minimum atomic E-state index is 0.662. The third kappa shape index (κ3) is 3.68. The molecule has 0 N–H and O–H groups in total. The van der Waals surface area contributed by atoms with Crippen molar-refractivity contribution in [3.63, 3.8) is 0 Å². The molecule has 2 aromatic heterocycles. The first kappa shape index (κ1) is 15.5. The van der Waals surface area contributed by atoms with Gasteiger partial charge in [0.05, 0.1) is 0 Å². The second kappa shape index (κ2) is 7.24. The van der Waals surface area contributed by atoms with Gasteiger partial charge in [-0.2, -0.15) is 0 Å². The number of hydrogen-bond acceptors (Lipinski definition) is 4. The van der Waals surface area contributed by atoms with E-state index in [-0.39, 0.29) is 0 Å². The number of pyridine rings is 1. The average molecular weight is 322 g/mol. The van der Waals surface area contributed by atoms with E-state index in [0.29, 0.717) is 6.54 Å². The van der Waals surface area contributed by atoms with Gasteiger partial charge in [0.25, 0.3) is 0 Å².